The fourth-order valence-corrected chi connectivity index (χ4v) is 2.04. The highest BCUT2D eigenvalue weighted by Gasteiger charge is 2.21. The number of carbonyl (C=O) groups is 1. The van der Waals surface area contributed by atoms with Crippen LogP contribution in [0.1, 0.15) is 39.5 Å². The lowest BCUT2D eigenvalue weighted by Gasteiger charge is -2.08. The van der Waals surface area contributed by atoms with Crippen molar-refractivity contribution in [1.82, 2.24) is 0 Å². The van der Waals surface area contributed by atoms with Crippen LogP contribution in [0.5, 0.6) is 0 Å². The molecule has 3 N–H and O–H groups in total. The Bertz CT molecular complexity index is 404. The van der Waals surface area contributed by atoms with Crippen LogP contribution in [0.2, 0.25) is 0 Å². The maximum Gasteiger partial charge on any atom is 0.335 e. The Morgan fingerprint density at radius 3 is 2.80 bits per heavy atom. The first-order valence-electron chi connectivity index (χ1n) is 4.72. The lowest BCUT2D eigenvalue weighted by molar-refractivity contribution is 0.0696. The average molecular weight is 228 g/mol. The second-order valence-corrected chi connectivity index (χ2v) is 3.82. The number of nitrogens with two attached hydrogens (primary N) is 1. The third-order valence-electron chi connectivity index (χ3n) is 2.84. The lowest BCUT2D eigenvalue weighted by Crippen LogP contribution is -2.08. The van der Waals surface area contributed by atoms with Gasteiger partial charge in [-0.3, -0.25) is 0 Å². The Kier molecular flexibility index (Phi) is 3.37. The van der Waals surface area contributed by atoms with Crippen molar-refractivity contribution in [3.63, 3.8) is 0 Å². The maximum atomic E-state index is 10.9. The van der Waals surface area contributed by atoms with Gasteiger partial charge in [-0.1, -0.05) is 6.07 Å². The fraction of sp³-hybridized carbons (Fsp3) is 0.364. The summed E-state index contributed by atoms with van der Waals surface area (Å²) in [4.78, 5) is 10.9. The molecular formula is C11H14ClNO2. The van der Waals surface area contributed by atoms with Gasteiger partial charge in [0.05, 0.1) is 5.56 Å². The number of hydrogen-bond acceptors (Lipinski definition) is 2. The predicted octanol–water partition coefficient (Wildman–Crippen LogP) is 2.06. The van der Waals surface area contributed by atoms with Gasteiger partial charge in [-0.25, -0.2) is 4.79 Å². The summed E-state index contributed by atoms with van der Waals surface area (Å²) in [5.41, 5.74) is 9.29. The first-order chi connectivity index (χ1) is 6.59. The van der Waals surface area contributed by atoms with Crippen LogP contribution in [-0.4, -0.2) is 11.1 Å². The summed E-state index contributed by atoms with van der Waals surface area (Å²) in [6.45, 7) is 1.83. The molecule has 82 valence electrons. The van der Waals surface area contributed by atoms with Gasteiger partial charge in [0.25, 0.3) is 0 Å². The molecule has 0 bridgehead atoms. The molecule has 0 aromatic heterocycles. The van der Waals surface area contributed by atoms with Crippen LogP contribution >= 0.6 is 12.4 Å². The number of aryl methyl sites for hydroxylation is 2. The minimum Gasteiger partial charge on any atom is -0.478 e. The standard InChI is InChI=1S/C11H13NO2.ClH/c1-6-4-7-2-3-10(12)9(7)5-8(6)11(13)14;/h4-5,10H,2-3,12H2,1H3,(H,13,14);1H/t10-;/m1./s1. The van der Waals surface area contributed by atoms with Crippen LogP contribution in [-0.2, 0) is 6.42 Å². The molecule has 0 spiro atoms. The summed E-state index contributed by atoms with van der Waals surface area (Å²) in [6, 6.07) is 3.69. The summed E-state index contributed by atoms with van der Waals surface area (Å²) >= 11 is 0. The van der Waals surface area contributed by atoms with Gasteiger partial charge in [-0.05, 0) is 42.5 Å². The van der Waals surface area contributed by atoms with Crippen LogP contribution in [0.3, 0.4) is 0 Å². The monoisotopic (exact) mass is 227 g/mol. The van der Waals surface area contributed by atoms with E-state index in [2.05, 4.69) is 0 Å². The molecule has 0 saturated carbocycles. The van der Waals surface area contributed by atoms with E-state index in [1.54, 1.807) is 6.07 Å². The molecule has 1 atom stereocenters. The summed E-state index contributed by atoms with van der Waals surface area (Å²) in [7, 11) is 0. The molecule has 0 heterocycles. The van der Waals surface area contributed by atoms with E-state index >= 15 is 0 Å². The molecule has 15 heavy (non-hydrogen) atoms. The van der Waals surface area contributed by atoms with Gasteiger partial charge in [0.1, 0.15) is 0 Å². The highest BCUT2D eigenvalue weighted by molar-refractivity contribution is 5.89. The Balaban J connectivity index is 0.00000112. The smallest absolute Gasteiger partial charge is 0.335 e. The first kappa shape index (κ1) is 12.0. The Labute approximate surface area is 94.7 Å². The average Bonchev–Trinajstić information content (AvgIpc) is 2.46. The number of carboxylic acid groups (broad SMARTS) is 1. The second kappa shape index (κ2) is 4.21. The molecule has 2 rings (SSSR count). The van der Waals surface area contributed by atoms with E-state index in [4.69, 9.17) is 10.8 Å². The number of carboxylic acids is 1. The quantitative estimate of drug-likeness (QED) is 0.772. The van der Waals surface area contributed by atoms with Crippen molar-refractivity contribution >= 4 is 18.4 Å². The van der Waals surface area contributed by atoms with E-state index < -0.39 is 5.97 Å². The number of aromatic carboxylic acids is 1. The minimum absolute atomic E-state index is 0. The number of halogens is 1. The van der Waals surface area contributed by atoms with Gasteiger partial charge < -0.3 is 10.8 Å². The van der Waals surface area contributed by atoms with Crippen LogP contribution in [0.25, 0.3) is 0 Å². The molecule has 0 aliphatic heterocycles. The SMILES string of the molecule is Cc1cc2c(cc1C(=O)O)[C@H](N)CC2.Cl. The van der Waals surface area contributed by atoms with Crippen LogP contribution < -0.4 is 5.73 Å². The number of benzene rings is 1. The third kappa shape index (κ3) is 1.98. The molecule has 1 aliphatic carbocycles. The van der Waals surface area contributed by atoms with Crippen LogP contribution in [0.4, 0.5) is 0 Å². The molecule has 0 saturated heterocycles. The van der Waals surface area contributed by atoms with Gasteiger partial charge in [0, 0.05) is 6.04 Å². The van der Waals surface area contributed by atoms with E-state index in [0.717, 1.165) is 24.0 Å². The van der Waals surface area contributed by atoms with Crippen molar-refractivity contribution in [2.75, 3.05) is 0 Å². The van der Waals surface area contributed by atoms with Crippen molar-refractivity contribution < 1.29 is 9.90 Å². The fourth-order valence-electron chi connectivity index (χ4n) is 2.04. The topological polar surface area (TPSA) is 63.3 Å². The molecule has 0 unspecified atom stereocenters. The Hall–Kier alpha value is -1.06. The van der Waals surface area contributed by atoms with E-state index in [1.165, 1.54) is 5.56 Å². The summed E-state index contributed by atoms with van der Waals surface area (Å²) in [5, 5.41) is 8.94. The van der Waals surface area contributed by atoms with Crippen molar-refractivity contribution in [1.29, 1.82) is 0 Å². The predicted molar refractivity (Wildman–Crippen MR) is 60.6 cm³/mol. The van der Waals surface area contributed by atoms with Gasteiger partial charge in [-0.15, -0.1) is 12.4 Å². The summed E-state index contributed by atoms with van der Waals surface area (Å²) in [6.07, 6.45) is 1.90. The number of rotatable bonds is 1. The van der Waals surface area contributed by atoms with Crippen molar-refractivity contribution in [2.45, 2.75) is 25.8 Å². The molecule has 3 nitrogen and oxygen atoms in total. The molecule has 4 heteroatoms. The number of hydrogen-bond donors (Lipinski definition) is 2. The van der Waals surface area contributed by atoms with Gasteiger partial charge >= 0.3 is 5.97 Å². The van der Waals surface area contributed by atoms with E-state index in [0.29, 0.717) is 5.56 Å². The van der Waals surface area contributed by atoms with Crippen LogP contribution in [0.15, 0.2) is 12.1 Å². The van der Waals surface area contributed by atoms with Crippen molar-refractivity contribution in [3.05, 3.63) is 34.4 Å². The number of fused-ring (bicyclic) bond motifs is 1. The van der Waals surface area contributed by atoms with Gasteiger partial charge in [0.15, 0.2) is 0 Å². The van der Waals surface area contributed by atoms with Crippen molar-refractivity contribution in [3.8, 4) is 0 Å². The first-order valence-corrected chi connectivity index (χ1v) is 4.72. The van der Waals surface area contributed by atoms with E-state index in [1.807, 2.05) is 13.0 Å². The largest absolute Gasteiger partial charge is 0.478 e. The van der Waals surface area contributed by atoms with E-state index in [9.17, 15) is 4.79 Å². The summed E-state index contributed by atoms with van der Waals surface area (Å²) in [5.74, 6) is -0.871. The highest BCUT2D eigenvalue weighted by atomic mass is 35.5. The molecule has 1 aliphatic rings. The zero-order valence-electron chi connectivity index (χ0n) is 8.49. The molecular weight excluding hydrogens is 214 g/mol. The lowest BCUT2D eigenvalue weighted by atomic mass is 10.00. The highest BCUT2D eigenvalue weighted by Crippen LogP contribution is 2.31. The second-order valence-electron chi connectivity index (χ2n) is 3.82. The van der Waals surface area contributed by atoms with Gasteiger partial charge in [-0.2, -0.15) is 0 Å². The zero-order valence-corrected chi connectivity index (χ0v) is 9.30. The van der Waals surface area contributed by atoms with E-state index in [-0.39, 0.29) is 18.4 Å². The van der Waals surface area contributed by atoms with Gasteiger partial charge in [0.2, 0.25) is 0 Å². The maximum absolute atomic E-state index is 10.9. The molecule has 0 fully saturated rings. The molecule has 0 amide bonds. The third-order valence-corrected chi connectivity index (χ3v) is 2.84. The Morgan fingerprint density at radius 1 is 1.53 bits per heavy atom. The van der Waals surface area contributed by atoms with Crippen LogP contribution in [0, 0.1) is 6.92 Å². The molecule has 0 radical (unpaired) electrons. The molecule has 1 aromatic carbocycles. The van der Waals surface area contributed by atoms with Crippen molar-refractivity contribution in [2.24, 2.45) is 5.73 Å². The molecule has 1 aromatic rings. The normalized spacial score (nSPS) is 18.1. The Morgan fingerprint density at radius 2 is 2.20 bits per heavy atom. The summed E-state index contributed by atoms with van der Waals surface area (Å²) < 4.78 is 0. The zero-order chi connectivity index (χ0) is 10.3. The minimum atomic E-state index is -0.871.